The molecule has 1 aromatic heterocycles. The van der Waals surface area contributed by atoms with Gasteiger partial charge in [0.1, 0.15) is 11.3 Å². The summed E-state index contributed by atoms with van der Waals surface area (Å²) in [5, 5.41) is 22.6. The van der Waals surface area contributed by atoms with Crippen LogP contribution in [0.5, 0.6) is 5.75 Å². The fraction of sp³-hybridized carbons (Fsp3) is 0.545. The van der Waals surface area contributed by atoms with Gasteiger partial charge in [-0.1, -0.05) is 6.42 Å². The molecule has 2 aliphatic carbocycles. The minimum Gasteiger partial charge on any atom is -0.504 e. The number of aromatic hydroxyl groups is 1. The Morgan fingerprint density at radius 1 is 1.29 bits per heavy atom. The van der Waals surface area contributed by atoms with Gasteiger partial charge in [-0.05, 0) is 38.6 Å². The zero-order valence-electron chi connectivity index (χ0n) is 17.3. The van der Waals surface area contributed by atoms with Crippen molar-refractivity contribution in [1.29, 1.82) is 0 Å². The molecule has 2 saturated carbocycles. The van der Waals surface area contributed by atoms with Crippen LogP contribution in [0.25, 0.3) is 10.9 Å². The van der Waals surface area contributed by atoms with Gasteiger partial charge >= 0.3 is 5.97 Å². The Morgan fingerprint density at radius 3 is 2.68 bits per heavy atom. The molecular formula is C22H25F2N3O4. The second kappa shape index (κ2) is 6.91. The van der Waals surface area contributed by atoms with Crippen molar-refractivity contribution in [3.05, 3.63) is 33.6 Å². The maximum Gasteiger partial charge on any atom is 0.341 e. The van der Waals surface area contributed by atoms with Gasteiger partial charge in [-0.3, -0.25) is 4.79 Å². The van der Waals surface area contributed by atoms with Crippen LogP contribution < -0.4 is 15.6 Å². The molecule has 9 heteroatoms. The van der Waals surface area contributed by atoms with E-state index in [9.17, 15) is 19.8 Å². The number of aromatic carboxylic acids is 1. The van der Waals surface area contributed by atoms with Gasteiger partial charge < -0.3 is 25.0 Å². The number of carboxylic acids is 1. The molecule has 5 rings (SSSR count). The lowest BCUT2D eigenvalue weighted by Gasteiger charge is -2.29. The topological polar surface area (TPSA) is 94.8 Å². The van der Waals surface area contributed by atoms with Crippen LogP contribution in [0, 0.1) is 23.0 Å². The van der Waals surface area contributed by atoms with E-state index in [1.54, 1.807) is 4.90 Å². The first kappa shape index (κ1) is 20.2. The van der Waals surface area contributed by atoms with Crippen LogP contribution in [-0.4, -0.2) is 47.4 Å². The maximum absolute atomic E-state index is 15.9. The van der Waals surface area contributed by atoms with Crippen molar-refractivity contribution < 1.29 is 23.8 Å². The van der Waals surface area contributed by atoms with Gasteiger partial charge in [0, 0.05) is 37.3 Å². The number of nitrogens with one attached hydrogen (secondary N) is 1. The number of halogens is 2. The van der Waals surface area contributed by atoms with E-state index < -0.39 is 39.7 Å². The molecule has 31 heavy (non-hydrogen) atoms. The molecular weight excluding hydrogens is 408 g/mol. The number of rotatable bonds is 5. The summed E-state index contributed by atoms with van der Waals surface area (Å²) < 4.78 is 32.6. The van der Waals surface area contributed by atoms with E-state index in [0.29, 0.717) is 25.9 Å². The SMILES string of the molecule is CNC[C@@]12CCC[C@@H]1CN(c1c(F)c(O)c3c(=O)c(C(=O)O)cn(C4CC4)c3c1F)C2. The molecule has 1 aliphatic heterocycles. The number of anilines is 1. The van der Waals surface area contributed by atoms with Crippen LogP contribution in [-0.2, 0) is 0 Å². The van der Waals surface area contributed by atoms with Crippen molar-refractivity contribution >= 4 is 22.6 Å². The summed E-state index contributed by atoms with van der Waals surface area (Å²) in [4.78, 5) is 25.9. The molecule has 0 bridgehead atoms. The molecule has 166 valence electrons. The molecule has 1 saturated heterocycles. The zero-order chi connectivity index (χ0) is 22.1. The number of aromatic nitrogens is 1. The van der Waals surface area contributed by atoms with Crippen LogP contribution in [0.4, 0.5) is 14.5 Å². The van der Waals surface area contributed by atoms with Gasteiger partial charge in [-0.25, -0.2) is 13.6 Å². The first-order valence-electron chi connectivity index (χ1n) is 10.7. The first-order valence-corrected chi connectivity index (χ1v) is 10.7. The molecule has 3 fully saturated rings. The number of fused-ring (bicyclic) bond motifs is 2. The summed E-state index contributed by atoms with van der Waals surface area (Å²) >= 11 is 0. The number of carboxylic acid groups (broad SMARTS) is 1. The van der Waals surface area contributed by atoms with Gasteiger partial charge in [-0.15, -0.1) is 0 Å². The Balaban J connectivity index is 1.73. The molecule has 0 unspecified atom stereocenters. The maximum atomic E-state index is 15.9. The van der Waals surface area contributed by atoms with Gasteiger partial charge in [0.25, 0.3) is 0 Å². The number of phenolic OH excluding ortho intramolecular Hbond substituents is 1. The number of nitrogens with zero attached hydrogens (tertiary/aromatic N) is 2. The third-order valence-corrected chi connectivity index (χ3v) is 7.36. The van der Waals surface area contributed by atoms with E-state index in [1.807, 2.05) is 7.05 Å². The highest BCUT2D eigenvalue weighted by atomic mass is 19.1. The quantitative estimate of drug-likeness (QED) is 0.671. The Kier molecular flexibility index (Phi) is 4.51. The minimum atomic E-state index is -1.49. The van der Waals surface area contributed by atoms with E-state index in [0.717, 1.165) is 32.0 Å². The first-order chi connectivity index (χ1) is 14.8. The van der Waals surface area contributed by atoms with Crippen molar-refractivity contribution in [3.8, 4) is 5.75 Å². The fourth-order valence-electron chi connectivity index (χ4n) is 5.80. The van der Waals surface area contributed by atoms with Gasteiger partial charge in [0.15, 0.2) is 17.4 Å². The summed E-state index contributed by atoms with van der Waals surface area (Å²) in [5.41, 5.74) is -2.31. The summed E-state index contributed by atoms with van der Waals surface area (Å²) in [5.74, 6) is -4.30. The molecule has 2 atom stereocenters. The van der Waals surface area contributed by atoms with Crippen LogP contribution in [0.2, 0.25) is 0 Å². The number of carbonyl (C=O) groups is 1. The average Bonchev–Trinajstić information content (AvgIpc) is 3.40. The second-order valence-electron chi connectivity index (χ2n) is 9.23. The number of phenols is 1. The normalized spacial score (nSPS) is 25.4. The predicted molar refractivity (Wildman–Crippen MR) is 111 cm³/mol. The average molecular weight is 433 g/mol. The molecule has 0 amide bonds. The molecule has 3 N–H and O–H groups in total. The molecule has 0 radical (unpaired) electrons. The van der Waals surface area contributed by atoms with Gasteiger partial charge in [0.2, 0.25) is 5.43 Å². The van der Waals surface area contributed by atoms with E-state index >= 15 is 8.78 Å². The lowest BCUT2D eigenvalue weighted by molar-refractivity contribution is 0.0695. The summed E-state index contributed by atoms with van der Waals surface area (Å²) in [6.07, 6.45) is 5.54. The van der Waals surface area contributed by atoms with Crippen molar-refractivity contribution in [2.75, 3.05) is 31.6 Å². The Bertz CT molecular complexity index is 1160. The molecule has 1 aromatic carbocycles. The van der Waals surface area contributed by atoms with Gasteiger partial charge in [-0.2, -0.15) is 0 Å². The Morgan fingerprint density at radius 2 is 2.03 bits per heavy atom. The smallest absolute Gasteiger partial charge is 0.341 e. The van der Waals surface area contributed by atoms with Crippen molar-refractivity contribution in [1.82, 2.24) is 9.88 Å². The number of hydrogen-bond donors (Lipinski definition) is 3. The highest BCUT2D eigenvalue weighted by molar-refractivity contribution is 5.96. The summed E-state index contributed by atoms with van der Waals surface area (Å²) in [7, 11) is 1.87. The van der Waals surface area contributed by atoms with Gasteiger partial charge in [0.05, 0.1) is 10.9 Å². The highest BCUT2D eigenvalue weighted by Gasteiger charge is 2.50. The van der Waals surface area contributed by atoms with E-state index in [1.165, 1.54) is 4.57 Å². The van der Waals surface area contributed by atoms with Crippen LogP contribution in [0.1, 0.15) is 48.5 Å². The van der Waals surface area contributed by atoms with Crippen molar-refractivity contribution in [2.45, 2.75) is 38.1 Å². The molecule has 0 spiro atoms. The van der Waals surface area contributed by atoms with E-state index in [-0.39, 0.29) is 28.6 Å². The third-order valence-electron chi connectivity index (χ3n) is 7.36. The third kappa shape index (κ3) is 2.86. The highest BCUT2D eigenvalue weighted by Crippen LogP contribution is 2.51. The molecule has 7 nitrogen and oxygen atoms in total. The monoisotopic (exact) mass is 433 g/mol. The minimum absolute atomic E-state index is 0.0818. The number of pyridine rings is 1. The summed E-state index contributed by atoms with van der Waals surface area (Å²) in [6, 6.07) is -0.179. The van der Waals surface area contributed by atoms with Crippen LogP contribution in [0.15, 0.2) is 11.0 Å². The fourth-order valence-corrected chi connectivity index (χ4v) is 5.80. The zero-order valence-corrected chi connectivity index (χ0v) is 17.3. The lowest BCUT2D eigenvalue weighted by atomic mass is 9.81. The molecule has 2 heterocycles. The van der Waals surface area contributed by atoms with Crippen LogP contribution in [0.3, 0.4) is 0 Å². The number of hydrogen-bond acceptors (Lipinski definition) is 5. The number of benzene rings is 1. The predicted octanol–water partition coefficient (Wildman–Crippen LogP) is 2.84. The van der Waals surface area contributed by atoms with Crippen molar-refractivity contribution in [2.24, 2.45) is 11.3 Å². The Labute approximate surface area is 177 Å². The lowest BCUT2D eigenvalue weighted by Crippen LogP contribution is -2.37. The van der Waals surface area contributed by atoms with Crippen molar-refractivity contribution in [3.63, 3.8) is 0 Å². The second-order valence-corrected chi connectivity index (χ2v) is 9.23. The Hall–Kier alpha value is -2.68. The molecule has 2 aromatic rings. The van der Waals surface area contributed by atoms with Crippen LogP contribution >= 0.6 is 0 Å². The van der Waals surface area contributed by atoms with E-state index in [2.05, 4.69) is 5.32 Å². The van der Waals surface area contributed by atoms with E-state index in [4.69, 9.17) is 0 Å². The summed E-state index contributed by atoms with van der Waals surface area (Å²) in [6.45, 7) is 1.67. The largest absolute Gasteiger partial charge is 0.504 e. The standard InChI is InChI=1S/C22H25F2N3O4/c1-25-9-22-6-2-3-11(22)7-26(10-22)18-15(23)17-14(20(29)16(18)24)19(28)13(21(30)31)8-27(17)12-4-5-12/h8,11-12,25,29H,2-7,9-10H2,1H3,(H,30,31)/t11-,22-/m1/s1. The molecule has 3 aliphatic rings.